The van der Waals surface area contributed by atoms with Crippen molar-refractivity contribution in [2.75, 3.05) is 20.8 Å². The molecule has 0 fully saturated rings. The van der Waals surface area contributed by atoms with Crippen LogP contribution in [0.3, 0.4) is 0 Å². The van der Waals surface area contributed by atoms with Gasteiger partial charge in [0, 0.05) is 25.0 Å². The van der Waals surface area contributed by atoms with Gasteiger partial charge in [-0.25, -0.2) is 4.98 Å². The number of nitrogens with zero attached hydrogens (tertiary/aromatic N) is 2. The Kier molecular flexibility index (Phi) is 5.63. The summed E-state index contributed by atoms with van der Waals surface area (Å²) in [5, 5.41) is 3.21. The fraction of sp³-hybridized carbons (Fsp3) is 0.438. The lowest BCUT2D eigenvalue weighted by Crippen LogP contribution is -2.12. The van der Waals surface area contributed by atoms with Gasteiger partial charge in [0.25, 0.3) is 0 Å². The molecule has 1 atom stereocenters. The quantitative estimate of drug-likeness (QED) is 0.759. The fourth-order valence-corrected chi connectivity index (χ4v) is 2.09. The Morgan fingerprint density at radius 3 is 2.86 bits per heavy atom. The maximum absolute atomic E-state index is 5.82. The lowest BCUT2D eigenvalue weighted by atomic mass is 10.1. The van der Waals surface area contributed by atoms with Crippen LogP contribution in [0.25, 0.3) is 0 Å². The van der Waals surface area contributed by atoms with Crippen LogP contribution in [0.4, 0.5) is 0 Å². The molecule has 0 radical (unpaired) electrons. The van der Waals surface area contributed by atoms with E-state index in [2.05, 4.69) is 23.3 Å². The zero-order valence-corrected chi connectivity index (χ0v) is 12.9. The molecule has 0 saturated heterocycles. The first-order valence-electron chi connectivity index (χ1n) is 7.18. The molecule has 0 saturated carbocycles. The average molecular weight is 289 g/mol. The van der Waals surface area contributed by atoms with Crippen LogP contribution < -0.4 is 14.8 Å². The maximum Gasteiger partial charge on any atom is 0.161 e. The summed E-state index contributed by atoms with van der Waals surface area (Å²) in [6.45, 7) is 3.66. The standard InChI is InChI=1S/C16H23N3O2/c1-13(17-2)14-5-6-15(16(11-14)20-3)21-10-4-8-19-9-7-18-12-19/h5-7,9,11-13,17H,4,8,10H2,1-3H3. The van der Waals surface area contributed by atoms with Crippen molar-refractivity contribution in [3.8, 4) is 11.5 Å². The zero-order chi connectivity index (χ0) is 15.1. The second-order valence-corrected chi connectivity index (χ2v) is 4.92. The van der Waals surface area contributed by atoms with Gasteiger partial charge < -0.3 is 19.4 Å². The highest BCUT2D eigenvalue weighted by atomic mass is 16.5. The van der Waals surface area contributed by atoms with E-state index in [4.69, 9.17) is 9.47 Å². The molecule has 1 unspecified atom stereocenters. The third-order valence-corrected chi connectivity index (χ3v) is 3.50. The second kappa shape index (κ2) is 7.69. The van der Waals surface area contributed by atoms with Gasteiger partial charge in [0.15, 0.2) is 11.5 Å². The molecule has 0 aliphatic rings. The van der Waals surface area contributed by atoms with Crippen LogP contribution in [0, 0.1) is 0 Å². The third kappa shape index (κ3) is 4.23. The third-order valence-electron chi connectivity index (χ3n) is 3.50. The second-order valence-electron chi connectivity index (χ2n) is 4.92. The highest BCUT2D eigenvalue weighted by molar-refractivity contribution is 5.43. The maximum atomic E-state index is 5.82. The minimum atomic E-state index is 0.286. The Morgan fingerprint density at radius 2 is 2.19 bits per heavy atom. The van der Waals surface area contributed by atoms with Gasteiger partial charge in [-0.3, -0.25) is 0 Å². The Hall–Kier alpha value is -2.01. The molecule has 1 aromatic carbocycles. The van der Waals surface area contributed by atoms with E-state index in [0.717, 1.165) is 24.5 Å². The van der Waals surface area contributed by atoms with Crippen LogP contribution in [0.2, 0.25) is 0 Å². The van der Waals surface area contributed by atoms with E-state index in [9.17, 15) is 0 Å². The molecule has 1 aromatic heterocycles. The predicted molar refractivity (Wildman–Crippen MR) is 82.8 cm³/mol. The first-order valence-corrected chi connectivity index (χ1v) is 7.18. The summed E-state index contributed by atoms with van der Waals surface area (Å²) in [4.78, 5) is 4.02. The van der Waals surface area contributed by atoms with Gasteiger partial charge in [0.1, 0.15) is 0 Å². The van der Waals surface area contributed by atoms with Crippen molar-refractivity contribution in [1.29, 1.82) is 0 Å². The van der Waals surface area contributed by atoms with Crippen LogP contribution in [0.5, 0.6) is 11.5 Å². The van der Waals surface area contributed by atoms with Crippen molar-refractivity contribution in [2.24, 2.45) is 0 Å². The number of aryl methyl sites for hydroxylation is 1. The van der Waals surface area contributed by atoms with Gasteiger partial charge in [-0.15, -0.1) is 0 Å². The topological polar surface area (TPSA) is 48.3 Å². The van der Waals surface area contributed by atoms with Crippen molar-refractivity contribution in [3.63, 3.8) is 0 Å². The minimum Gasteiger partial charge on any atom is -0.493 e. The Labute approximate surface area is 125 Å². The summed E-state index contributed by atoms with van der Waals surface area (Å²) >= 11 is 0. The molecule has 114 valence electrons. The van der Waals surface area contributed by atoms with Crippen LogP contribution in [-0.2, 0) is 6.54 Å². The normalized spacial score (nSPS) is 12.1. The van der Waals surface area contributed by atoms with Crippen LogP contribution in [0.15, 0.2) is 36.9 Å². The summed E-state index contributed by atoms with van der Waals surface area (Å²) < 4.78 is 13.3. The molecule has 21 heavy (non-hydrogen) atoms. The van der Waals surface area contributed by atoms with Crippen LogP contribution in [-0.4, -0.2) is 30.3 Å². The number of methoxy groups -OCH3 is 1. The van der Waals surface area contributed by atoms with Gasteiger partial charge in [0.05, 0.1) is 20.0 Å². The fourth-order valence-electron chi connectivity index (χ4n) is 2.09. The Morgan fingerprint density at radius 1 is 1.33 bits per heavy atom. The minimum absolute atomic E-state index is 0.286. The first-order chi connectivity index (χ1) is 10.2. The highest BCUT2D eigenvalue weighted by Crippen LogP contribution is 2.30. The van der Waals surface area contributed by atoms with Gasteiger partial charge >= 0.3 is 0 Å². The number of imidazole rings is 1. The Bertz CT molecular complexity index is 540. The SMILES string of the molecule is CNC(C)c1ccc(OCCCn2ccnc2)c(OC)c1. The highest BCUT2D eigenvalue weighted by Gasteiger charge is 2.09. The Balaban J connectivity index is 1.90. The van der Waals surface area contributed by atoms with Gasteiger partial charge in [-0.2, -0.15) is 0 Å². The summed E-state index contributed by atoms with van der Waals surface area (Å²) in [6, 6.07) is 6.34. The average Bonchev–Trinajstić information content (AvgIpc) is 3.04. The van der Waals surface area contributed by atoms with Crippen molar-refractivity contribution in [2.45, 2.75) is 25.9 Å². The summed E-state index contributed by atoms with van der Waals surface area (Å²) in [5.41, 5.74) is 1.18. The molecular formula is C16H23N3O2. The zero-order valence-electron chi connectivity index (χ0n) is 12.9. The van der Waals surface area contributed by atoms with Crippen molar-refractivity contribution < 1.29 is 9.47 Å². The number of nitrogens with one attached hydrogen (secondary N) is 1. The van der Waals surface area contributed by atoms with Crippen molar-refractivity contribution in [3.05, 3.63) is 42.5 Å². The number of benzene rings is 1. The summed E-state index contributed by atoms with van der Waals surface area (Å²) in [7, 11) is 3.61. The molecule has 0 aliphatic heterocycles. The van der Waals surface area contributed by atoms with Gasteiger partial charge in [-0.05, 0) is 38.1 Å². The van der Waals surface area contributed by atoms with Gasteiger partial charge in [-0.1, -0.05) is 6.07 Å². The molecule has 0 aliphatic carbocycles. The molecule has 0 spiro atoms. The van der Waals surface area contributed by atoms with Gasteiger partial charge in [0.2, 0.25) is 0 Å². The van der Waals surface area contributed by atoms with E-state index < -0.39 is 0 Å². The molecule has 5 nitrogen and oxygen atoms in total. The number of hydrogen-bond donors (Lipinski definition) is 1. The van der Waals surface area contributed by atoms with Crippen LogP contribution in [0.1, 0.15) is 24.9 Å². The molecule has 2 aromatic rings. The number of rotatable bonds is 8. The molecule has 0 bridgehead atoms. The van der Waals surface area contributed by atoms with E-state index in [1.165, 1.54) is 5.56 Å². The largest absolute Gasteiger partial charge is 0.493 e. The summed E-state index contributed by atoms with van der Waals surface area (Å²) in [6.07, 6.45) is 6.47. The van der Waals surface area contributed by atoms with Crippen LogP contribution >= 0.6 is 0 Å². The van der Waals surface area contributed by atoms with Crippen molar-refractivity contribution >= 4 is 0 Å². The molecule has 0 amide bonds. The predicted octanol–water partition coefficient (Wildman–Crippen LogP) is 2.64. The molecule has 2 rings (SSSR count). The van der Waals surface area contributed by atoms with E-state index in [0.29, 0.717) is 6.61 Å². The van der Waals surface area contributed by atoms with E-state index in [1.54, 1.807) is 13.3 Å². The lowest BCUT2D eigenvalue weighted by Gasteiger charge is -2.15. The number of aromatic nitrogens is 2. The monoisotopic (exact) mass is 289 g/mol. The van der Waals surface area contributed by atoms with E-state index in [1.807, 2.05) is 36.3 Å². The number of ether oxygens (including phenoxy) is 2. The molecule has 1 N–H and O–H groups in total. The van der Waals surface area contributed by atoms with E-state index >= 15 is 0 Å². The molecule has 1 heterocycles. The van der Waals surface area contributed by atoms with E-state index in [-0.39, 0.29) is 6.04 Å². The number of hydrogen-bond acceptors (Lipinski definition) is 4. The first kappa shape index (κ1) is 15.4. The molecular weight excluding hydrogens is 266 g/mol. The summed E-state index contributed by atoms with van der Waals surface area (Å²) in [5.74, 6) is 1.56. The molecule has 5 heteroatoms. The lowest BCUT2D eigenvalue weighted by molar-refractivity contribution is 0.282. The smallest absolute Gasteiger partial charge is 0.161 e. The van der Waals surface area contributed by atoms with Crippen molar-refractivity contribution in [1.82, 2.24) is 14.9 Å².